The molecule has 1 saturated heterocycles. The molecular formula is C22H40N2O+2. The van der Waals surface area contributed by atoms with Crippen LogP contribution in [-0.4, -0.2) is 45.9 Å². The number of ether oxygens (including phenoxy) is 1. The summed E-state index contributed by atoms with van der Waals surface area (Å²) >= 11 is 0. The molecule has 1 heterocycles. The van der Waals surface area contributed by atoms with E-state index in [1.54, 1.807) is 4.90 Å². The zero-order valence-corrected chi connectivity index (χ0v) is 17.1. The normalized spacial score (nSPS) is 21.4. The van der Waals surface area contributed by atoms with Crippen molar-refractivity contribution in [1.29, 1.82) is 0 Å². The molecule has 3 nitrogen and oxygen atoms in total. The highest BCUT2D eigenvalue weighted by Crippen LogP contribution is 2.39. The molecule has 3 heteroatoms. The van der Waals surface area contributed by atoms with Crippen LogP contribution >= 0.6 is 0 Å². The van der Waals surface area contributed by atoms with Crippen molar-refractivity contribution in [3.8, 4) is 0 Å². The quantitative estimate of drug-likeness (QED) is 0.655. The van der Waals surface area contributed by atoms with Crippen molar-refractivity contribution >= 4 is 0 Å². The molecule has 2 atom stereocenters. The molecule has 142 valence electrons. The lowest BCUT2D eigenvalue weighted by Crippen LogP contribution is -3.06. The Morgan fingerprint density at radius 1 is 1.20 bits per heavy atom. The van der Waals surface area contributed by atoms with Gasteiger partial charge in [-0.25, -0.2) is 0 Å². The maximum absolute atomic E-state index is 5.97. The van der Waals surface area contributed by atoms with E-state index in [9.17, 15) is 0 Å². The lowest BCUT2D eigenvalue weighted by Gasteiger charge is -2.39. The highest BCUT2D eigenvalue weighted by Gasteiger charge is 2.34. The van der Waals surface area contributed by atoms with E-state index in [0.29, 0.717) is 5.92 Å². The molecule has 0 aromatic heterocycles. The summed E-state index contributed by atoms with van der Waals surface area (Å²) < 4.78 is 5.97. The van der Waals surface area contributed by atoms with Crippen molar-refractivity contribution in [3.63, 3.8) is 0 Å². The largest absolute Gasteiger partial charge is 0.376 e. The minimum atomic E-state index is 0.0318. The predicted molar refractivity (Wildman–Crippen MR) is 105 cm³/mol. The summed E-state index contributed by atoms with van der Waals surface area (Å²) in [5.74, 6) is 1.41. The van der Waals surface area contributed by atoms with Crippen molar-refractivity contribution in [2.24, 2.45) is 5.92 Å². The minimum Gasteiger partial charge on any atom is -0.376 e. The highest BCUT2D eigenvalue weighted by atomic mass is 16.5. The van der Waals surface area contributed by atoms with Gasteiger partial charge in [-0.2, -0.15) is 0 Å². The molecule has 0 spiro atoms. The van der Waals surface area contributed by atoms with Crippen molar-refractivity contribution in [2.45, 2.75) is 58.0 Å². The van der Waals surface area contributed by atoms with Crippen LogP contribution in [0.3, 0.4) is 0 Å². The van der Waals surface area contributed by atoms with Gasteiger partial charge in [0.25, 0.3) is 0 Å². The molecule has 3 N–H and O–H groups in total. The molecule has 0 unspecified atom stereocenters. The zero-order chi connectivity index (χ0) is 18.3. The van der Waals surface area contributed by atoms with Crippen LogP contribution in [0.25, 0.3) is 0 Å². The topological polar surface area (TPSA) is 30.3 Å². The molecule has 2 rings (SSSR count). The van der Waals surface area contributed by atoms with Gasteiger partial charge in [-0.15, -0.1) is 0 Å². The second kappa shape index (κ2) is 9.70. The average molecular weight is 349 g/mol. The van der Waals surface area contributed by atoms with E-state index in [-0.39, 0.29) is 5.60 Å². The summed E-state index contributed by atoms with van der Waals surface area (Å²) in [7, 11) is 4.47. The fraction of sp³-hybridized carbons (Fsp3) is 0.727. The molecule has 1 fully saturated rings. The Bertz CT molecular complexity index is 495. The van der Waals surface area contributed by atoms with Gasteiger partial charge in [0, 0.05) is 19.4 Å². The number of quaternary nitrogens is 2. The number of rotatable bonds is 9. The van der Waals surface area contributed by atoms with Gasteiger partial charge in [0.15, 0.2) is 0 Å². The van der Waals surface area contributed by atoms with Gasteiger partial charge in [0.2, 0.25) is 0 Å². The van der Waals surface area contributed by atoms with Crippen LogP contribution in [0.15, 0.2) is 24.3 Å². The number of aryl methyl sites for hydroxylation is 1. The highest BCUT2D eigenvalue weighted by molar-refractivity contribution is 5.25. The lowest BCUT2D eigenvalue weighted by molar-refractivity contribution is -0.860. The van der Waals surface area contributed by atoms with E-state index in [1.165, 1.54) is 56.4 Å². The average Bonchev–Trinajstić information content (AvgIpc) is 2.54. The van der Waals surface area contributed by atoms with Crippen LogP contribution in [0.2, 0.25) is 0 Å². The molecule has 25 heavy (non-hydrogen) atoms. The van der Waals surface area contributed by atoms with Crippen molar-refractivity contribution in [2.75, 3.05) is 40.3 Å². The summed E-state index contributed by atoms with van der Waals surface area (Å²) in [6, 6.07) is 9.27. The van der Waals surface area contributed by atoms with E-state index >= 15 is 0 Å². The molecule has 1 aliphatic rings. The molecule has 0 saturated carbocycles. The molecule has 1 aliphatic heterocycles. The molecule has 1 aromatic carbocycles. The molecule has 0 radical (unpaired) electrons. The van der Waals surface area contributed by atoms with E-state index < -0.39 is 0 Å². The van der Waals surface area contributed by atoms with Crippen LogP contribution in [0.4, 0.5) is 0 Å². The Morgan fingerprint density at radius 3 is 2.56 bits per heavy atom. The lowest BCUT2D eigenvalue weighted by atomic mass is 9.75. The van der Waals surface area contributed by atoms with E-state index in [1.807, 2.05) is 0 Å². The fourth-order valence-electron chi connectivity index (χ4n) is 4.15. The second-order valence-corrected chi connectivity index (χ2v) is 8.84. The minimum absolute atomic E-state index is 0.0318. The van der Waals surface area contributed by atoms with Gasteiger partial charge in [0.05, 0.1) is 39.3 Å². The standard InChI is InChI=1S/C22H38N2O/c1-18-7-9-19(10-8-18)21(11-14-23-13-6-15-24(4)5)20-12-16-25-22(2,3)17-20/h7-10,20-21,23H,6,11-17H2,1-5H3/p+2/t20-,21-/m0/s1. The molecule has 0 bridgehead atoms. The third kappa shape index (κ3) is 7.08. The maximum atomic E-state index is 5.97. The first-order chi connectivity index (χ1) is 11.9. The van der Waals surface area contributed by atoms with Gasteiger partial charge >= 0.3 is 0 Å². The third-order valence-corrected chi connectivity index (χ3v) is 5.58. The molecule has 0 aliphatic carbocycles. The van der Waals surface area contributed by atoms with Gasteiger partial charge in [0.1, 0.15) is 0 Å². The molecular weight excluding hydrogens is 308 g/mol. The summed E-state index contributed by atoms with van der Waals surface area (Å²) in [4.78, 5) is 1.55. The maximum Gasteiger partial charge on any atom is 0.0821 e. The fourth-order valence-corrected chi connectivity index (χ4v) is 4.15. The van der Waals surface area contributed by atoms with Crippen LogP contribution in [-0.2, 0) is 4.74 Å². The zero-order valence-electron chi connectivity index (χ0n) is 17.1. The van der Waals surface area contributed by atoms with E-state index in [4.69, 9.17) is 4.74 Å². The molecule has 1 aromatic rings. The predicted octanol–water partition coefficient (Wildman–Crippen LogP) is 1.77. The summed E-state index contributed by atoms with van der Waals surface area (Å²) in [5.41, 5.74) is 2.91. The van der Waals surface area contributed by atoms with Crippen LogP contribution in [0.1, 0.15) is 56.6 Å². The number of hydrogen-bond acceptors (Lipinski definition) is 1. The third-order valence-electron chi connectivity index (χ3n) is 5.58. The van der Waals surface area contributed by atoms with Crippen LogP contribution in [0.5, 0.6) is 0 Å². The van der Waals surface area contributed by atoms with Gasteiger partial charge < -0.3 is 15.0 Å². The number of hydrogen-bond donors (Lipinski definition) is 2. The monoisotopic (exact) mass is 348 g/mol. The Balaban J connectivity index is 1.94. The van der Waals surface area contributed by atoms with Crippen LogP contribution in [0, 0.1) is 12.8 Å². The Hall–Kier alpha value is -0.900. The Kier molecular flexibility index (Phi) is 7.92. The molecule has 0 amide bonds. The Morgan fingerprint density at radius 2 is 1.92 bits per heavy atom. The first-order valence-corrected chi connectivity index (χ1v) is 10.2. The van der Waals surface area contributed by atoms with E-state index in [0.717, 1.165) is 12.5 Å². The summed E-state index contributed by atoms with van der Waals surface area (Å²) in [5, 5.41) is 2.52. The Labute approximate surface area is 155 Å². The first kappa shape index (κ1) is 20.4. The summed E-state index contributed by atoms with van der Waals surface area (Å²) in [6.07, 6.45) is 4.96. The second-order valence-electron chi connectivity index (χ2n) is 8.84. The van der Waals surface area contributed by atoms with Crippen molar-refractivity contribution < 1.29 is 15.0 Å². The smallest absolute Gasteiger partial charge is 0.0821 e. The van der Waals surface area contributed by atoms with Crippen LogP contribution < -0.4 is 10.2 Å². The van der Waals surface area contributed by atoms with Crippen molar-refractivity contribution in [3.05, 3.63) is 35.4 Å². The first-order valence-electron chi connectivity index (χ1n) is 10.2. The number of nitrogens with two attached hydrogens (primary N) is 1. The number of nitrogens with one attached hydrogen (secondary N) is 1. The van der Waals surface area contributed by atoms with E-state index in [2.05, 4.69) is 64.4 Å². The SMILES string of the molecule is Cc1ccc([C@H](CC[NH2+]CCC[NH+](C)C)[C@H]2CCOC(C)(C)C2)cc1. The van der Waals surface area contributed by atoms with Crippen molar-refractivity contribution in [1.82, 2.24) is 0 Å². The number of benzene rings is 1. The van der Waals surface area contributed by atoms with Gasteiger partial charge in [-0.3, -0.25) is 0 Å². The van der Waals surface area contributed by atoms with Gasteiger partial charge in [-0.1, -0.05) is 29.8 Å². The van der Waals surface area contributed by atoms with Gasteiger partial charge in [-0.05, 0) is 51.0 Å². The summed E-state index contributed by atoms with van der Waals surface area (Å²) in [6.45, 7) is 11.4.